The summed E-state index contributed by atoms with van der Waals surface area (Å²) in [6.45, 7) is 2.05. The second kappa shape index (κ2) is 3.79. The fourth-order valence-corrected chi connectivity index (χ4v) is 1.79. The summed E-state index contributed by atoms with van der Waals surface area (Å²) in [5.41, 5.74) is 1.08. The van der Waals surface area contributed by atoms with Gasteiger partial charge in [0.05, 0.1) is 5.02 Å². The molecule has 0 fully saturated rings. The van der Waals surface area contributed by atoms with Crippen LogP contribution in [0.4, 0.5) is 0 Å². The Morgan fingerprint density at radius 1 is 1.27 bits per heavy atom. The van der Waals surface area contributed by atoms with E-state index in [4.69, 9.17) is 23.2 Å². The number of hydrogen-bond donors (Lipinski definition) is 0. The summed E-state index contributed by atoms with van der Waals surface area (Å²) in [6, 6.07) is 3.71. The number of halogens is 3. The molecule has 0 nitrogen and oxygen atoms in total. The van der Waals surface area contributed by atoms with Crippen LogP contribution >= 0.6 is 39.1 Å². The van der Waals surface area contributed by atoms with Crippen LogP contribution in [0, 0.1) is 0 Å². The van der Waals surface area contributed by atoms with E-state index in [9.17, 15) is 0 Å². The standard InChI is InChI=1S/C8H7BrCl2/c1-2-5-3-8(11)6(9)4-7(5)10/h3-4H,2H2,1H3. The molecule has 0 saturated heterocycles. The minimum absolute atomic E-state index is 0.714. The summed E-state index contributed by atoms with van der Waals surface area (Å²) in [5.74, 6) is 0. The van der Waals surface area contributed by atoms with Crippen molar-refractivity contribution in [3.8, 4) is 0 Å². The van der Waals surface area contributed by atoms with Crippen LogP contribution in [0.5, 0.6) is 0 Å². The van der Waals surface area contributed by atoms with E-state index in [-0.39, 0.29) is 0 Å². The van der Waals surface area contributed by atoms with Crippen molar-refractivity contribution in [2.75, 3.05) is 0 Å². The number of rotatable bonds is 1. The lowest BCUT2D eigenvalue weighted by molar-refractivity contribution is 1.14. The Bertz CT molecular complexity index is 271. The first kappa shape index (κ1) is 9.37. The maximum Gasteiger partial charge on any atom is 0.0551 e. The van der Waals surface area contributed by atoms with Crippen LogP contribution in [-0.2, 0) is 6.42 Å². The Balaban J connectivity index is 3.21. The van der Waals surface area contributed by atoms with Crippen LogP contribution < -0.4 is 0 Å². The lowest BCUT2D eigenvalue weighted by Crippen LogP contribution is -1.82. The predicted molar refractivity (Wildman–Crippen MR) is 53.5 cm³/mol. The van der Waals surface area contributed by atoms with E-state index in [0.29, 0.717) is 5.02 Å². The van der Waals surface area contributed by atoms with Gasteiger partial charge >= 0.3 is 0 Å². The molecule has 0 radical (unpaired) electrons. The fourth-order valence-electron chi connectivity index (χ4n) is 0.835. The van der Waals surface area contributed by atoms with Crippen LogP contribution in [0.25, 0.3) is 0 Å². The third-order valence-corrected chi connectivity index (χ3v) is 3.02. The molecule has 0 aromatic heterocycles. The Morgan fingerprint density at radius 2 is 1.91 bits per heavy atom. The molecule has 1 aromatic carbocycles. The molecule has 1 aromatic rings. The molecule has 0 atom stereocenters. The van der Waals surface area contributed by atoms with Gasteiger partial charge in [-0.1, -0.05) is 30.1 Å². The predicted octanol–water partition coefficient (Wildman–Crippen LogP) is 4.32. The van der Waals surface area contributed by atoms with E-state index in [0.717, 1.165) is 21.5 Å². The monoisotopic (exact) mass is 252 g/mol. The third kappa shape index (κ3) is 2.11. The summed E-state index contributed by atoms with van der Waals surface area (Å²) in [5, 5.41) is 1.48. The largest absolute Gasteiger partial charge is 0.0840 e. The van der Waals surface area contributed by atoms with E-state index < -0.39 is 0 Å². The molecule has 3 heteroatoms. The zero-order chi connectivity index (χ0) is 8.43. The SMILES string of the molecule is CCc1cc(Cl)c(Br)cc1Cl. The second-order valence-electron chi connectivity index (χ2n) is 2.21. The Hall–Kier alpha value is 0.280. The van der Waals surface area contributed by atoms with Gasteiger partial charge in [-0.05, 0) is 40.0 Å². The average Bonchev–Trinajstić information content (AvgIpc) is 1.97. The van der Waals surface area contributed by atoms with Crippen LogP contribution in [-0.4, -0.2) is 0 Å². The van der Waals surface area contributed by atoms with E-state index in [1.165, 1.54) is 0 Å². The lowest BCUT2D eigenvalue weighted by atomic mass is 10.2. The molecule has 0 aliphatic heterocycles. The molecule has 1 rings (SSSR count). The summed E-state index contributed by atoms with van der Waals surface area (Å²) in [7, 11) is 0. The van der Waals surface area contributed by atoms with Gasteiger partial charge in [-0.15, -0.1) is 0 Å². The summed E-state index contributed by atoms with van der Waals surface area (Å²) < 4.78 is 0.848. The minimum Gasteiger partial charge on any atom is -0.0840 e. The second-order valence-corrected chi connectivity index (χ2v) is 3.88. The molecule has 0 unspecified atom stereocenters. The van der Waals surface area contributed by atoms with Gasteiger partial charge in [0, 0.05) is 9.50 Å². The first-order valence-electron chi connectivity index (χ1n) is 3.28. The topological polar surface area (TPSA) is 0 Å². The highest BCUT2D eigenvalue weighted by Gasteiger charge is 2.02. The van der Waals surface area contributed by atoms with E-state index in [1.807, 2.05) is 19.1 Å². The van der Waals surface area contributed by atoms with Crippen molar-refractivity contribution in [1.82, 2.24) is 0 Å². The molecular weight excluding hydrogens is 247 g/mol. The van der Waals surface area contributed by atoms with Gasteiger partial charge < -0.3 is 0 Å². The van der Waals surface area contributed by atoms with Gasteiger partial charge in [0.1, 0.15) is 0 Å². The van der Waals surface area contributed by atoms with E-state index in [1.54, 1.807) is 0 Å². The molecule has 0 aliphatic carbocycles. The molecule has 0 N–H and O–H groups in total. The van der Waals surface area contributed by atoms with Crippen molar-refractivity contribution in [3.63, 3.8) is 0 Å². The van der Waals surface area contributed by atoms with Crippen molar-refractivity contribution < 1.29 is 0 Å². The van der Waals surface area contributed by atoms with E-state index in [2.05, 4.69) is 15.9 Å². The number of benzene rings is 1. The normalized spacial score (nSPS) is 10.2. The highest BCUT2D eigenvalue weighted by molar-refractivity contribution is 9.10. The fraction of sp³-hybridized carbons (Fsp3) is 0.250. The smallest absolute Gasteiger partial charge is 0.0551 e. The highest BCUT2D eigenvalue weighted by Crippen LogP contribution is 2.29. The van der Waals surface area contributed by atoms with Gasteiger partial charge in [-0.25, -0.2) is 0 Å². The molecular formula is C8H7BrCl2. The zero-order valence-corrected chi connectivity index (χ0v) is 9.09. The zero-order valence-electron chi connectivity index (χ0n) is 6.00. The van der Waals surface area contributed by atoms with Gasteiger partial charge in [0.2, 0.25) is 0 Å². The van der Waals surface area contributed by atoms with Crippen LogP contribution in [0.2, 0.25) is 10.0 Å². The summed E-state index contributed by atoms with van der Waals surface area (Å²) in [6.07, 6.45) is 0.909. The van der Waals surface area contributed by atoms with E-state index >= 15 is 0 Å². The van der Waals surface area contributed by atoms with Crippen LogP contribution in [0.1, 0.15) is 12.5 Å². The van der Waals surface area contributed by atoms with Crippen molar-refractivity contribution >= 4 is 39.1 Å². The Morgan fingerprint density at radius 3 is 2.45 bits per heavy atom. The molecule has 0 heterocycles. The Kier molecular flexibility index (Phi) is 3.23. The molecule has 11 heavy (non-hydrogen) atoms. The molecule has 0 saturated carbocycles. The summed E-state index contributed by atoms with van der Waals surface area (Å²) >= 11 is 15.1. The molecule has 0 bridgehead atoms. The molecule has 0 aliphatic rings. The van der Waals surface area contributed by atoms with Gasteiger partial charge in [0.25, 0.3) is 0 Å². The van der Waals surface area contributed by atoms with Gasteiger partial charge in [-0.3, -0.25) is 0 Å². The van der Waals surface area contributed by atoms with Crippen LogP contribution in [0.3, 0.4) is 0 Å². The van der Waals surface area contributed by atoms with Crippen LogP contribution in [0.15, 0.2) is 16.6 Å². The molecule has 0 spiro atoms. The van der Waals surface area contributed by atoms with Crippen molar-refractivity contribution in [1.29, 1.82) is 0 Å². The highest BCUT2D eigenvalue weighted by atomic mass is 79.9. The third-order valence-electron chi connectivity index (χ3n) is 1.47. The maximum absolute atomic E-state index is 5.91. The molecule has 0 amide bonds. The molecule has 60 valence electrons. The quantitative estimate of drug-likeness (QED) is 0.654. The summed E-state index contributed by atoms with van der Waals surface area (Å²) in [4.78, 5) is 0. The number of aryl methyl sites for hydroxylation is 1. The van der Waals surface area contributed by atoms with Crippen molar-refractivity contribution in [2.24, 2.45) is 0 Å². The van der Waals surface area contributed by atoms with Crippen molar-refractivity contribution in [2.45, 2.75) is 13.3 Å². The maximum atomic E-state index is 5.91. The minimum atomic E-state index is 0.714. The number of hydrogen-bond acceptors (Lipinski definition) is 0. The van der Waals surface area contributed by atoms with Crippen molar-refractivity contribution in [3.05, 3.63) is 32.2 Å². The first-order valence-corrected chi connectivity index (χ1v) is 4.83. The Labute approximate surface area is 84.6 Å². The first-order chi connectivity index (χ1) is 5.15. The lowest BCUT2D eigenvalue weighted by Gasteiger charge is -2.02. The average molecular weight is 254 g/mol. The van der Waals surface area contributed by atoms with Gasteiger partial charge in [-0.2, -0.15) is 0 Å². The van der Waals surface area contributed by atoms with Gasteiger partial charge in [0.15, 0.2) is 0 Å².